The zero-order valence-corrected chi connectivity index (χ0v) is 9.19. The Morgan fingerprint density at radius 1 is 1.50 bits per heavy atom. The lowest BCUT2D eigenvalue weighted by Crippen LogP contribution is -2.24. The van der Waals surface area contributed by atoms with Crippen molar-refractivity contribution in [1.82, 2.24) is 9.88 Å². The quantitative estimate of drug-likeness (QED) is 0.788. The van der Waals surface area contributed by atoms with Crippen molar-refractivity contribution >= 4 is 11.1 Å². The van der Waals surface area contributed by atoms with Gasteiger partial charge in [-0.3, -0.25) is 4.98 Å². The smallest absolute Gasteiger partial charge is 0.408 e. The molecule has 0 aliphatic carbocycles. The Morgan fingerprint density at radius 3 is 3.06 bits per heavy atom. The van der Waals surface area contributed by atoms with Crippen LogP contribution in [0.25, 0.3) is 11.1 Å². The second-order valence-corrected chi connectivity index (χ2v) is 3.87. The van der Waals surface area contributed by atoms with Crippen molar-refractivity contribution < 1.29 is 4.42 Å². The monoisotopic (exact) mass is 221 g/mol. The summed E-state index contributed by atoms with van der Waals surface area (Å²) in [6, 6.07) is 5.70. The van der Waals surface area contributed by atoms with E-state index in [1.54, 1.807) is 0 Å². The largest absolute Gasteiger partial charge is 0.417 e. The van der Waals surface area contributed by atoms with Crippen molar-refractivity contribution in [3.63, 3.8) is 0 Å². The van der Waals surface area contributed by atoms with Crippen LogP contribution in [0.15, 0.2) is 27.4 Å². The number of aromatic amines is 1. The molecule has 0 fully saturated rings. The number of fused-ring (bicyclic) bond motifs is 1. The van der Waals surface area contributed by atoms with E-state index in [1.807, 2.05) is 25.2 Å². The van der Waals surface area contributed by atoms with Crippen LogP contribution in [0.1, 0.15) is 5.56 Å². The van der Waals surface area contributed by atoms with Gasteiger partial charge in [-0.25, -0.2) is 4.79 Å². The number of hydrogen-bond donors (Lipinski definition) is 2. The number of benzene rings is 1. The van der Waals surface area contributed by atoms with Crippen molar-refractivity contribution in [1.29, 1.82) is 0 Å². The lowest BCUT2D eigenvalue weighted by Gasteiger charge is -2.14. The summed E-state index contributed by atoms with van der Waals surface area (Å²) in [5, 5.41) is 0. The molecule has 16 heavy (non-hydrogen) atoms. The molecule has 0 aliphatic heterocycles. The van der Waals surface area contributed by atoms with Gasteiger partial charge in [-0.1, -0.05) is 6.07 Å². The molecule has 2 rings (SSSR count). The number of nitrogens with one attached hydrogen (secondary N) is 1. The van der Waals surface area contributed by atoms with E-state index < -0.39 is 5.76 Å². The molecule has 0 unspecified atom stereocenters. The van der Waals surface area contributed by atoms with Gasteiger partial charge >= 0.3 is 5.76 Å². The minimum Gasteiger partial charge on any atom is -0.408 e. The number of nitrogens with zero attached hydrogens (tertiary/aromatic N) is 1. The van der Waals surface area contributed by atoms with Gasteiger partial charge in [0.2, 0.25) is 0 Å². The summed E-state index contributed by atoms with van der Waals surface area (Å²) in [5.74, 6) is -0.414. The molecule has 0 spiro atoms. The van der Waals surface area contributed by atoms with E-state index in [0.717, 1.165) is 24.2 Å². The summed E-state index contributed by atoms with van der Waals surface area (Å²) in [4.78, 5) is 15.7. The predicted octanol–water partition coefficient (Wildman–Crippen LogP) is 0.512. The SMILES string of the molecule is CN(CCN)Cc1ccc2[nH]c(=O)oc2c1. The summed E-state index contributed by atoms with van der Waals surface area (Å²) in [6.45, 7) is 2.27. The van der Waals surface area contributed by atoms with Crippen LogP contribution in [0, 0.1) is 0 Å². The molecule has 0 aliphatic rings. The van der Waals surface area contributed by atoms with Crippen molar-refractivity contribution in [2.75, 3.05) is 20.1 Å². The summed E-state index contributed by atoms with van der Waals surface area (Å²) in [7, 11) is 2.00. The molecule has 0 bridgehead atoms. The number of rotatable bonds is 4. The van der Waals surface area contributed by atoms with E-state index in [4.69, 9.17) is 10.2 Å². The minimum absolute atomic E-state index is 0.414. The summed E-state index contributed by atoms with van der Waals surface area (Å²) >= 11 is 0. The van der Waals surface area contributed by atoms with Gasteiger partial charge in [0.05, 0.1) is 5.52 Å². The first kappa shape index (κ1) is 10.9. The predicted molar refractivity (Wildman–Crippen MR) is 62.2 cm³/mol. The third-order valence-electron chi connectivity index (χ3n) is 2.45. The van der Waals surface area contributed by atoms with Gasteiger partial charge in [-0.05, 0) is 24.7 Å². The van der Waals surface area contributed by atoms with Gasteiger partial charge in [-0.15, -0.1) is 0 Å². The van der Waals surface area contributed by atoms with Crippen molar-refractivity contribution in [2.45, 2.75) is 6.54 Å². The van der Waals surface area contributed by atoms with Crippen LogP contribution in [0.4, 0.5) is 0 Å². The average molecular weight is 221 g/mol. The van der Waals surface area contributed by atoms with Crippen LogP contribution in [-0.2, 0) is 6.54 Å². The normalized spacial score (nSPS) is 11.4. The van der Waals surface area contributed by atoms with E-state index in [1.165, 1.54) is 0 Å². The van der Waals surface area contributed by atoms with Crippen molar-refractivity contribution in [3.8, 4) is 0 Å². The highest BCUT2D eigenvalue weighted by atomic mass is 16.4. The molecule has 0 radical (unpaired) electrons. The molecule has 3 N–H and O–H groups in total. The van der Waals surface area contributed by atoms with Crippen LogP contribution in [0.3, 0.4) is 0 Å². The van der Waals surface area contributed by atoms with E-state index in [-0.39, 0.29) is 0 Å². The summed E-state index contributed by atoms with van der Waals surface area (Å²) in [6.07, 6.45) is 0. The molecule has 5 heteroatoms. The summed E-state index contributed by atoms with van der Waals surface area (Å²) in [5.41, 5.74) is 7.91. The van der Waals surface area contributed by atoms with Crippen LogP contribution in [-0.4, -0.2) is 30.0 Å². The molecular formula is C11H15N3O2. The number of nitrogens with two attached hydrogens (primary N) is 1. The average Bonchev–Trinajstić information content (AvgIpc) is 2.57. The van der Waals surface area contributed by atoms with Crippen LogP contribution in [0.5, 0.6) is 0 Å². The molecule has 86 valence electrons. The van der Waals surface area contributed by atoms with Crippen LogP contribution < -0.4 is 11.5 Å². The fraction of sp³-hybridized carbons (Fsp3) is 0.364. The highest BCUT2D eigenvalue weighted by molar-refractivity contribution is 5.72. The molecule has 1 heterocycles. The third kappa shape index (κ3) is 2.32. The molecule has 1 aromatic heterocycles. The lowest BCUT2D eigenvalue weighted by molar-refractivity contribution is 0.336. The molecule has 0 amide bonds. The van der Waals surface area contributed by atoms with E-state index in [0.29, 0.717) is 12.1 Å². The third-order valence-corrected chi connectivity index (χ3v) is 2.45. The summed E-state index contributed by atoms with van der Waals surface area (Å²) < 4.78 is 5.00. The Hall–Kier alpha value is -1.59. The highest BCUT2D eigenvalue weighted by Crippen LogP contribution is 2.13. The first-order valence-corrected chi connectivity index (χ1v) is 5.19. The van der Waals surface area contributed by atoms with Crippen molar-refractivity contribution in [2.24, 2.45) is 5.73 Å². The second kappa shape index (κ2) is 4.51. The number of H-pyrrole nitrogens is 1. The van der Waals surface area contributed by atoms with Crippen molar-refractivity contribution in [3.05, 3.63) is 34.3 Å². The fourth-order valence-electron chi connectivity index (χ4n) is 1.70. The minimum atomic E-state index is -0.414. The molecule has 1 aromatic carbocycles. The van der Waals surface area contributed by atoms with E-state index in [2.05, 4.69) is 9.88 Å². The highest BCUT2D eigenvalue weighted by Gasteiger charge is 2.04. The topological polar surface area (TPSA) is 75.3 Å². The maximum absolute atomic E-state index is 11.0. The maximum Gasteiger partial charge on any atom is 0.417 e. The van der Waals surface area contributed by atoms with E-state index in [9.17, 15) is 4.79 Å². The molecule has 0 atom stereocenters. The first-order chi connectivity index (χ1) is 7.69. The second-order valence-electron chi connectivity index (χ2n) is 3.87. The Balaban J connectivity index is 2.22. The Kier molecular flexibility index (Phi) is 3.07. The van der Waals surface area contributed by atoms with Gasteiger partial charge in [0, 0.05) is 19.6 Å². The van der Waals surface area contributed by atoms with Gasteiger partial charge in [0.1, 0.15) is 0 Å². The standard InChI is InChI=1S/C11H15N3O2/c1-14(5-4-12)7-8-2-3-9-10(6-8)16-11(15)13-9/h2-3,6H,4-5,7,12H2,1H3,(H,13,15). The number of likely N-dealkylation sites (N-methyl/N-ethyl adjacent to an activating group) is 1. The van der Waals surface area contributed by atoms with E-state index >= 15 is 0 Å². The van der Waals surface area contributed by atoms with Gasteiger partial charge in [-0.2, -0.15) is 0 Å². The maximum atomic E-state index is 11.0. The molecular weight excluding hydrogens is 206 g/mol. The molecule has 0 saturated heterocycles. The van der Waals surface area contributed by atoms with Gasteiger partial charge in [0.25, 0.3) is 0 Å². The number of aromatic nitrogens is 1. The number of hydrogen-bond acceptors (Lipinski definition) is 4. The molecule has 5 nitrogen and oxygen atoms in total. The number of oxazole rings is 1. The fourth-order valence-corrected chi connectivity index (χ4v) is 1.70. The Morgan fingerprint density at radius 2 is 2.31 bits per heavy atom. The van der Waals surface area contributed by atoms with Crippen LogP contribution in [0.2, 0.25) is 0 Å². The molecule has 2 aromatic rings. The first-order valence-electron chi connectivity index (χ1n) is 5.19. The van der Waals surface area contributed by atoms with Crippen LogP contribution >= 0.6 is 0 Å². The zero-order valence-electron chi connectivity index (χ0n) is 9.19. The lowest BCUT2D eigenvalue weighted by atomic mass is 10.2. The Bertz CT molecular complexity index is 529. The van der Waals surface area contributed by atoms with Gasteiger partial charge in [0.15, 0.2) is 5.58 Å². The molecule has 0 saturated carbocycles. The Labute approximate surface area is 92.8 Å². The van der Waals surface area contributed by atoms with Gasteiger partial charge < -0.3 is 15.1 Å². The zero-order chi connectivity index (χ0) is 11.5.